The molecule has 7 aliphatic rings. The van der Waals surface area contributed by atoms with Crippen LogP contribution in [-0.2, 0) is 62.4 Å². The minimum absolute atomic E-state index is 0.134. The van der Waals surface area contributed by atoms with Crippen molar-refractivity contribution in [1.82, 2.24) is 52.9 Å². The van der Waals surface area contributed by atoms with Crippen LogP contribution in [0.1, 0.15) is 162 Å². The van der Waals surface area contributed by atoms with Gasteiger partial charge in [-0.25, -0.2) is 62.3 Å². The number of piperidine rings is 1. The summed E-state index contributed by atoms with van der Waals surface area (Å²) in [7, 11) is -0.314. The Hall–Kier alpha value is -11.1. The van der Waals surface area contributed by atoms with Gasteiger partial charge in [-0.2, -0.15) is 5.26 Å². The molecule has 0 radical (unpaired) electrons. The van der Waals surface area contributed by atoms with E-state index in [4.69, 9.17) is 37.7 Å². The fourth-order valence-corrected chi connectivity index (χ4v) is 14.6. The third kappa shape index (κ3) is 18.5. The fraction of sp³-hybridized carbons (Fsp3) is 0.463. The number of halogens is 4. The molecule has 0 spiro atoms. The van der Waals surface area contributed by atoms with Crippen LogP contribution in [0.15, 0.2) is 89.6 Å². The highest BCUT2D eigenvalue weighted by atomic mass is 79.9. The second-order valence-corrected chi connectivity index (χ2v) is 32.2. The maximum absolute atomic E-state index is 14.6. The van der Waals surface area contributed by atoms with E-state index in [0.29, 0.717) is 157 Å². The van der Waals surface area contributed by atoms with Crippen molar-refractivity contribution < 1.29 is 75.2 Å². The minimum atomic E-state index is -1.17. The molecule has 30 nitrogen and oxygen atoms in total. The Labute approximate surface area is 671 Å². The lowest BCUT2D eigenvalue weighted by Gasteiger charge is -2.36. The smallest absolute Gasteiger partial charge is 0.490 e. The van der Waals surface area contributed by atoms with Crippen LogP contribution in [-0.4, -0.2) is 190 Å². The number of carboxylic acid groups (broad SMARTS) is 1. The second-order valence-electron chi connectivity index (χ2n) is 31.4. The van der Waals surface area contributed by atoms with Crippen LogP contribution < -0.4 is 40.0 Å². The highest BCUT2D eigenvalue weighted by Gasteiger charge is 2.52. The first-order chi connectivity index (χ1) is 54.8. The van der Waals surface area contributed by atoms with Gasteiger partial charge in [0.05, 0.1) is 72.1 Å². The van der Waals surface area contributed by atoms with Gasteiger partial charge in [-0.05, 0) is 160 Å². The van der Waals surface area contributed by atoms with Crippen molar-refractivity contribution in [3.05, 3.63) is 158 Å². The number of carbonyl (C=O) groups is 4. The van der Waals surface area contributed by atoms with Gasteiger partial charge in [0, 0.05) is 143 Å². The number of fused-ring (bicyclic) bond motifs is 6. The molecule has 0 atom stereocenters. The van der Waals surface area contributed by atoms with Gasteiger partial charge < -0.3 is 78.4 Å². The van der Waals surface area contributed by atoms with Crippen LogP contribution >= 0.6 is 15.9 Å². The quantitative estimate of drug-likeness (QED) is 0.0421. The zero-order valence-corrected chi connectivity index (χ0v) is 67.8. The van der Waals surface area contributed by atoms with Gasteiger partial charge in [-0.3, -0.25) is 13.2 Å². The molecule has 9 aromatic rings. The van der Waals surface area contributed by atoms with Gasteiger partial charge in [-0.15, -0.1) is 0 Å². The Morgan fingerprint density at radius 1 is 0.583 bits per heavy atom. The fourth-order valence-electron chi connectivity index (χ4n) is 14.2. The number of hydrogen-bond acceptors (Lipinski definition) is 24. The maximum Gasteiger partial charge on any atom is 0.490 e. The molecule has 3 fully saturated rings. The first kappa shape index (κ1) is 81.9. The summed E-state index contributed by atoms with van der Waals surface area (Å²) in [5.74, 6) is 0.870. The molecule has 0 aliphatic carbocycles. The number of imidazole rings is 3. The van der Waals surface area contributed by atoms with Crippen LogP contribution in [0.25, 0.3) is 16.9 Å². The average molecular weight is 1650 g/mol. The Morgan fingerprint density at radius 3 is 1.49 bits per heavy atom. The molecular formula is C80H94BBrF3N17O13. The molecule has 3 aromatic carbocycles. The van der Waals surface area contributed by atoms with Crippen molar-refractivity contribution in [2.75, 3.05) is 105 Å². The van der Waals surface area contributed by atoms with E-state index in [1.165, 1.54) is 30.8 Å². The molecule has 6 aromatic heterocycles. The summed E-state index contributed by atoms with van der Waals surface area (Å²) >= 11 is 3.38. The number of aromatic carboxylic acids is 1. The lowest BCUT2D eigenvalue weighted by atomic mass is 9.75. The predicted molar refractivity (Wildman–Crippen MR) is 426 cm³/mol. The topological polar surface area (TPSA) is 326 Å². The highest BCUT2D eigenvalue weighted by molar-refractivity contribution is 9.10. The number of hydrogen-bond donors (Lipinski definition) is 4. The monoisotopic (exact) mass is 1650 g/mol. The third-order valence-electron chi connectivity index (χ3n) is 20.7. The molecule has 115 heavy (non-hydrogen) atoms. The lowest BCUT2D eigenvalue weighted by Crippen LogP contribution is -2.50. The van der Waals surface area contributed by atoms with E-state index in [0.717, 1.165) is 66.0 Å². The Bertz CT molecular complexity index is 5220. The van der Waals surface area contributed by atoms with Gasteiger partial charge in [0.25, 0.3) is 0 Å². The largest absolute Gasteiger partial charge is 0.493 e. The summed E-state index contributed by atoms with van der Waals surface area (Å²) in [6.45, 7) is 28.5. The van der Waals surface area contributed by atoms with Gasteiger partial charge in [0.1, 0.15) is 52.0 Å². The molecule has 3 saturated heterocycles. The van der Waals surface area contributed by atoms with Crippen LogP contribution in [0.3, 0.4) is 0 Å². The third-order valence-corrected chi connectivity index (χ3v) is 21.3. The average Bonchev–Trinajstić information content (AvgIpc) is 1.65. The van der Waals surface area contributed by atoms with E-state index in [1.54, 1.807) is 79.1 Å². The van der Waals surface area contributed by atoms with Crippen LogP contribution in [0, 0.1) is 28.8 Å². The number of carbonyl (C=O) groups excluding carboxylic acids is 3. The van der Waals surface area contributed by atoms with E-state index >= 15 is 0 Å². The summed E-state index contributed by atoms with van der Waals surface area (Å²) < 4.78 is 93.5. The molecule has 16 rings (SSSR count). The molecular weight excluding hydrogens is 1550 g/mol. The number of benzene rings is 3. The van der Waals surface area contributed by atoms with E-state index in [2.05, 4.69) is 72.8 Å². The zero-order valence-electron chi connectivity index (χ0n) is 66.3. The molecule has 13 heterocycles. The lowest BCUT2D eigenvalue weighted by molar-refractivity contribution is 0.00578. The van der Waals surface area contributed by atoms with Crippen LogP contribution in [0.2, 0.25) is 0 Å². The number of rotatable bonds is 15. The SMILES string of the molecule is CC(C)(C)OC(=O)N1CC=C(B2OC(C)(C)C(C)(C)O2)CC1.CC(C)(C)OC(=O)N1CCN(c2cnc(NCc3c(F)ccc4c3CCO4)n3cc(C(=O)O)nc23)CC1.CCOC(=O)c1cn2c(NCc3c(F)ccc4c3CCO4)ncc(Br)c2n1.N#Cc1cn2c(NCc3c(F)ccc4c3CCO4)ncc(N3CCCCC3)c2n1. The van der Waals surface area contributed by atoms with Gasteiger partial charge in [-0.1, -0.05) is 6.08 Å². The Morgan fingerprint density at radius 2 is 1.03 bits per heavy atom. The van der Waals surface area contributed by atoms with E-state index < -0.39 is 23.1 Å². The number of nitrogens with one attached hydrogen (secondary N) is 3. The molecule has 0 bridgehead atoms. The number of amides is 2. The predicted octanol–water partition coefficient (Wildman–Crippen LogP) is 13.0. The van der Waals surface area contributed by atoms with Crippen LogP contribution in [0.5, 0.6) is 17.2 Å². The summed E-state index contributed by atoms with van der Waals surface area (Å²) in [4.78, 5) is 82.3. The Kier molecular flexibility index (Phi) is 24.3. The van der Waals surface area contributed by atoms with Crippen LogP contribution in [0.4, 0.5) is 52.0 Å². The first-order valence-electron chi connectivity index (χ1n) is 38.5. The number of piperazine rings is 1. The first-order valence-corrected chi connectivity index (χ1v) is 39.2. The van der Waals surface area contributed by atoms with Crippen molar-refractivity contribution in [3.8, 4) is 23.3 Å². The molecule has 4 N–H and O–H groups in total. The number of anilines is 5. The second kappa shape index (κ2) is 34.1. The number of nitriles is 1. The van der Waals surface area contributed by atoms with Crippen molar-refractivity contribution in [2.45, 2.75) is 163 Å². The normalized spacial score (nSPS) is 16.6. The van der Waals surface area contributed by atoms with E-state index in [1.807, 2.05) is 80.2 Å². The number of ether oxygens (including phenoxy) is 6. The van der Waals surface area contributed by atoms with Gasteiger partial charge in [0.2, 0.25) is 17.8 Å². The number of carboxylic acids is 1. The Balaban J connectivity index is 0.000000136. The van der Waals surface area contributed by atoms with Crippen molar-refractivity contribution in [1.29, 1.82) is 5.26 Å². The zero-order chi connectivity index (χ0) is 81.8. The van der Waals surface area contributed by atoms with Crippen molar-refractivity contribution in [2.24, 2.45) is 0 Å². The minimum Gasteiger partial charge on any atom is -0.493 e. The van der Waals surface area contributed by atoms with Crippen molar-refractivity contribution >= 4 is 93.3 Å². The number of aromatic nitrogens is 9. The van der Waals surface area contributed by atoms with Gasteiger partial charge >= 0.3 is 31.2 Å². The highest BCUT2D eigenvalue weighted by Crippen LogP contribution is 2.41. The van der Waals surface area contributed by atoms with Gasteiger partial charge in [0.15, 0.2) is 34.0 Å². The maximum atomic E-state index is 14.6. The van der Waals surface area contributed by atoms with Crippen molar-refractivity contribution in [3.63, 3.8) is 0 Å². The summed E-state index contributed by atoms with van der Waals surface area (Å²) in [5, 5.41) is 28.4. The standard InChI is InChI=1S/C25H29FN6O5.C21H21FN6O.C18H16BrFN4O3.C16H28BNO4/c1-25(2,3)37-24(35)31-9-7-30(8-10-31)19-13-28-23(32-14-18(22(33)34)29-21(19)32)27-12-16-15-6-11-36-20(15)5-4-17(16)26;22-17-4-5-19-15(6-9-29-19)16(17)11-24-21-25-12-18(27-7-2-1-3-8-27)20-26-14(10-23)13-28(20)21;1-2-26-17(25)14-9-24-16(23-14)12(19)8-22-18(24)21-7-11-10-5-6-27-15(10)4-3-13(11)20;1-14(2,3)20-13(19)18-10-8-12(9-11-18)17-21-15(4,5)16(6,7)22-17/h4-5,13-14H,6-12H2,1-3H3,(H,27,28)(H,33,34);4-5,12-13H,1-3,6-9,11H2,(H,24,25);3-4,8-9H,2,5-7H2,1H3,(H,21,22);8H,9-11H2,1-7H3. The molecule has 2 amide bonds. The molecule has 7 aliphatic heterocycles. The van der Waals surface area contributed by atoms with E-state index in [9.17, 15) is 42.7 Å². The molecule has 0 unspecified atom stereocenters. The number of esters is 1. The molecule has 0 saturated carbocycles. The summed E-state index contributed by atoms with van der Waals surface area (Å²) in [6, 6.07) is 11.3. The summed E-state index contributed by atoms with van der Waals surface area (Å²) in [6.07, 6.45) is 17.2. The summed E-state index contributed by atoms with van der Waals surface area (Å²) in [5.41, 5.74) is 7.19. The van der Waals surface area contributed by atoms with E-state index in [-0.39, 0.29) is 85.6 Å². The molecule has 608 valence electrons. The number of nitrogens with zero attached hydrogens (tertiary/aromatic N) is 14. The molecule has 35 heteroatoms.